The van der Waals surface area contributed by atoms with Gasteiger partial charge in [-0.25, -0.2) is 0 Å². The Morgan fingerprint density at radius 2 is 2.14 bits per heavy atom. The summed E-state index contributed by atoms with van der Waals surface area (Å²) in [5.41, 5.74) is 2.83. The van der Waals surface area contributed by atoms with Crippen LogP contribution in [0.15, 0.2) is 53.8 Å². The SMILES string of the molecule is C=C1CC=CN=C1c1ccccn1.F. The van der Waals surface area contributed by atoms with E-state index in [-0.39, 0.29) is 4.70 Å². The Kier molecular flexibility index (Phi) is 3.29. The van der Waals surface area contributed by atoms with Gasteiger partial charge in [0.25, 0.3) is 0 Å². The second-order valence-electron chi connectivity index (χ2n) is 2.89. The number of rotatable bonds is 1. The van der Waals surface area contributed by atoms with E-state index in [0.29, 0.717) is 0 Å². The summed E-state index contributed by atoms with van der Waals surface area (Å²) >= 11 is 0. The van der Waals surface area contributed by atoms with E-state index in [2.05, 4.69) is 16.6 Å². The number of hydrogen-bond donors (Lipinski definition) is 0. The van der Waals surface area contributed by atoms with Gasteiger partial charge in [-0.1, -0.05) is 18.7 Å². The molecule has 0 N–H and O–H groups in total. The molecule has 1 aromatic heterocycles. The fraction of sp³-hybridized carbons (Fsp3) is 0.0909. The van der Waals surface area contributed by atoms with Crippen LogP contribution in [0, 0.1) is 0 Å². The molecule has 2 rings (SSSR count). The number of aromatic nitrogens is 1. The zero-order chi connectivity index (χ0) is 9.10. The molecule has 0 amide bonds. The van der Waals surface area contributed by atoms with Crippen LogP contribution in [0.3, 0.4) is 0 Å². The van der Waals surface area contributed by atoms with Gasteiger partial charge in [-0.05, 0) is 24.1 Å². The highest BCUT2D eigenvalue weighted by Crippen LogP contribution is 2.13. The van der Waals surface area contributed by atoms with E-state index in [9.17, 15) is 0 Å². The van der Waals surface area contributed by atoms with Gasteiger partial charge in [-0.2, -0.15) is 0 Å². The quantitative estimate of drug-likeness (QED) is 0.667. The Bertz CT molecular complexity index is 380. The van der Waals surface area contributed by atoms with E-state index in [1.54, 1.807) is 12.4 Å². The average molecular weight is 190 g/mol. The maximum absolute atomic E-state index is 4.25. The average Bonchev–Trinajstić information content (AvgIpc) is 2.20. The zero-order valence-electron chi connectivity index (χ0n) is 7.68. The van der Waals surface area contributed by atoms with Crippen LogP contribution in [0.1, 0.15) is 12.1 Å². The number of aliphatic imine (C=N–C) groups is 1. The summed E-state index contributed by atoms with van der Waals surface area (Å²) < 4.78 is 0. The summed E-state index contributed by atoms with van der Waals surface area (Å²) in [7, 11) is 0. The minimum absolute atomic E-state index is 0. The fourth-order valence-electron chi connectivity index (χ4n) is 1.26. The monoisotopic (exact) mass is 190 g/mol. The molecule has 0 radical (unpaired) electrons. The molecule has 0 bridgehead atoms. The first-order valence-corrected chi connectivity index (χ1v) is 4.20. The van der Waals surface area contributed by atoms with Gasteiger partial charge in [0.2, 0.25) is 0 Å². The predicted molar refractivity (Wildman–Crippen MR) is 56.2 cm³/mol. The molecule has 0 atom stereocenters. The van der Waals surface area contributed by atoms with Gasteiger partial charge in [0.1, 0.15) is 0 Å². The molecule has 0 aliphatic carbocycles. The number of hydrogen-bond acceptors (Lipinski definition) is 2. The molecule has 72 valence electrons. The van der Waals surface area contributed by atoms with Crippen LogP contribution in [-0.4, -0.2) is 10.7 Å². The summed E-state index contributed by atoms with van der Waals surface area (Å²) in [4.78, 5) is 8.48. The number of pyridine rings is 1. The maximum atomic E-state index is 4.25. The lowest BCUT2D eigenvalue weighted by molar-refractivity contribution is 1.11. The smallest absolute Gasteiger partial charge is 0.0915 e. The second-order valence-corrected chi connectivity index (χ2v) is 2.89. The van der Waals surface area contributed by atoms with Gasteiger partial charge in [-0.3, -0.25) is 14.7 Å². The van der Waals surface area contributed by atoms with E-state index in [0.717, 1.165) is 23.4 Å². The second kappa shape index (κ2) is 4.46. The van der Waals surface area contributed by atoms with Crippen molar-refractivity contribution >= 4 is 5.71 Å². The van der Waals surface area contributed by atoms with E-state index in [1.807, 2.05) is 24.3 Å². The predicted octanol–water partition coefficient (Wildman–Crippen LogP) is 2.50. The Labute approximate surface area is 82.1 Å². The molecular weight excluding hydrogens is 179 g/mol. The largest absolute Gasteiger partial charge is 0.269 e. The van der Waals surface area contributed by atoms with Crippen molar-refractivity contribution in [3.63, 3.8) is 0 Å². The fourth-order valence-corrected chi connectivity index (χ4v) is 1.26. The Balaban J connectivity index is 0.000000980. The molecule has 3 heteroatoms. The molecule has 1 aliphatic rings. The van der Waals surface area contributed by atoms with Gasteiger partial charge >= 0.3 is 0 Å². The molecule has 0 saturated heterocycles. The Hall–Kier alpha value is -1.77. The van der Waals surface area contributed by atoms with Crippen LogP contribution in [0.4, 0.5) is 4.70 Å². The molecule has 0 saturated carbocycles. The summed E-state index contributed by atoms with van der Waals surface area (Å²) in [5, 5.41) is 0. The van der Waals surface area contributed by atoms with Crippen molar-refractivity contribution in [3.8, 4) is 0 Å². The van der Waals surface area contributed by atoms with Crippen molar-refractivity contribution in [3.05, 3.63) is 54.5 Å². The van der Waals surface area contributed by atoms with Crippen molar-refractivity contribution < 1.29 is 4.70 Å². The molecule has 0 fully saturated rings. The van der Waals surface area contributed by atoms with Crippen LogP contribution >= 0.6 is 0 Å². The van der Waals surface area contributed by atoms with Crippen molar-refractivity contribution in [2.45, 2.75) is 6.42 Å². The maximum Gasteiger partial charge on any atom is 0.0915 e. The minimum atomic E-state index is 0. The van der Waals surface area contributed by atoms with Gasteiger partial charge in [0, 0.05) is 12.4 Å². The lowest BCUT2D eigenvalue weighted by Gasteiger charge is -2.09. The van der Waals surface area contributed by atoms with Crippen LogP contribution in [0.25, 0.3) is 0 Å². The topological polar surface area (TPSA) is 25.2 Å². The summed E-state index contributed by atoms with van der Waals surface area (Å²) in [6.45, 7) is 3.95. The van der Waals surface area contributed by atoms with Crippen molar-refractivity contribution in [2.24, 2.45) is 4.99 Å². The van der Waals surface area contributed by atoms with Crippen LogP contribution < -0.4 is 0 Å². The number of nitrogens with zero attached hydrogens (tertiary/aromatic N) is 2. The molecule has 0 aromatic carbocycles. The Morgan fingerprint density at radius 3 is 2.79 bits per heavy atom. The molecule has 1 aliphatic heterocycles. The molecular formula is C11H11FN2. The third-order valence-corrected chi connectivity index (χ3v) is 1.92. The lowest BCUT2D eigenvalue weighted by atomic mass is 10.0. The first-order valence-electron chi connectivity index (χ1n) is 4.20. The first-order chi connectivity index (χ1) is 6.38. The molecule has 0 unspecified atom stereocenters. The van der Waals surface area contributed by atoms with E-state index >= 15 is 0 Å². The van der Waals surface area contributed by atoms with Crippen LogP contribution in [0.2, 0.25) is 0 Å². The van der Waals surface area contributed by atoms with E-state index < -0.39 is 0 Å². The highest BCUT2D eigenvalue weighted by molar-refractivity contribution is 6.11. The summed E-state index contributed by atoms with van der Waals surface area (Å²) in [5.74, 6) is 0. The number of halogens is 1. The lowest BCUT2D eigenvalue weighted by Crippen LogP contribution is -2.07. The highest BCUT2D eigenvalue weighted by atomic mass is 19.0. The van der Waals surface area contributed by atoms with Gasteiger partial charge in [-0.15, -0.1) is 0 Å². The third-order valence-electron chi connectivity index (χ3n) is 1.92. The Morgan fingerprint density at radius 1 is 1.29 bits per heavy atom. The van der Waals surface area contributed by atoms with E-state index in [4.69, 9.17) is 0 Å². The van der Waals surface area contributed by atoms with Crippen LogP contribution in [-0.2, 0) is 0 Å². The van der Waals surface area contributed by atoms with Crippen molar-refractivity contribution in [2.75, 3.05) is 0 Å². The van der Waals surface area contributed by atoms with Gasteiger partial charge in [0.05, 0.1) is 11.4 Å². The standard InChI is InChI=1S/C11H10N2.FH/c1-9-5-4-8-13-11(9)10-6-2-3-7-12-10;/h2-4,6-8H,1,5H2;1H. The minimum Gasteiger partial charge on any atom is -0.269 e. The van der Waals surface area contributed by atoms with Crippen LogP contribution in [0.5, 0.6) is 0 Å². The van der Waals surface area contributed by atoms with Crippen molar-refractivity contribution in [1.82, 2.24) is 4.98 Å². The number of allylic oxidation sites excluding steroid dienone is 2. The zero-order valence-corrected chi connectivity index (χ0v) is 7.68. The molecule has 2 nitrogen and oxygen atoms in total. The molecule has 1 aromatic rings. The summed E-state index contributed by atoms with van der Waals surface area (Å²) in [6, 6.07) is 5.80. The third kappa shape index (κ3) is 1.93. The first kappa shape index (κ1) is 10.3. The highest BCUT2D eigenvalue weighted by Gasteiger charge is 2.09. The van der Waals surface area contributed by atoms with Gasteiger partial charge < -0.3 is 0 Å². The summed E-state index contributed by atoms with van der Waals surface area (Å²) in [6.07, 6.45) is 6.44. The van der Waals surface area contributed by atoms with E-state index in [1.165, 1.54) is 0 Å². The van der Waals surface area contributed by atoms with Gasteiger partial charge in [0.15, 0.2) is 0 Å². The van der Waals surface area contributed by atoms with Crippen molar-refractivity contribution in [1.29, 1.82) is 0 Å². The molecule has 0 spiro atoms. The normalized spacial score (nSPS) is 14.6. The molecule has 14 heavy (non-hydrogen) atoms. The molecule has 2 heterocycles.